The average molecular weight is 270 g/mol. The van der Waals surface area contributed by atoms with E-state index in [-0.39, 0.29) is 0 Å². The highest BCUT2D eigenvalue weighted by atomic mass is 32.1. The molecule has 98 valence electrons. The summed E-state index contributed by atoms with van der Waals surface area (Å²) < 4.78 is 0.732. The third-order valence-corrected chi connectivity index (χ3v) is 4.18. The first kappa shape index (κ1) is 12.5. The highest BCUT2D eigenvalue weighted by Gasteiger charge is 2.26. The lowest BCUT2D eigenvalue weighted by Gasteiger charge is -2.12. The number of aromatic amines is 1. The fourth-order valence-corrected chi connectivity index (χ4v) is 2.66. The van der Waals surface area contributed by atoms with E-state index in [0.717, 1.165) is 21.7 Å². The van der Waals surface area contributed by atoms with Crippen molar-refractivity contribution in [2.45, 2.75) is 39.5 Å². The minimum absolute atomic E-state index is 0.590. The van der Waals surface area contributed by atoms with Gasteiger partial charge in [-0.25, -0.2) is 4.98 Å². The van der Waals surface area contributed by atoms with E-state index in [1.165, 1.54) is 29.5 Å². The Kier molecular flexibility index (Phi) is 3.02. The predicted molar refractivity (Wildman–Crippen MR) is 81.0 cm³/mol. The van der Waals surface area contributed by atoms with Gasteiger partial charge >= 0.3 is 0 Å². The molecule has 0 saturated heterocycles. The normalized spacial score (nSPS) is 14.7. The molecule has 19 heavy (non-hydrogen) atoms. The average Bonchev–Trinajstić information content (AvgIpc) is 3.17. The van der Waals surface area contributed by atoms with Gasteiger partial charge in [0, 0.05) is 17.0 Å². The van der Waals surface area contributed by atoms with Gasteiger partial charge in [0.1, 0.15) is 10.5 Å². The van der Waals surface area contributed by atoms with E-state index in [1.807, 2.05) is 0 Å². The molecule has 0 spiro atoms. The zero-order chi connectivity index (χ0) is 13.6. The SMILES string of the molecule is Cc1ccc(-c2[nH]c(C3CC3)nc(=S)c2C)c(C)c1. The second-order valence-corrected chi connectivity index (χ2v) is 5.91. The van der Waals surface area contributed by atoms with Gasteiger partial charge in [0.2, 0.25) is 0 Å². The van der Waals surface area contributed by atoms with Crippen LogP contribution >= 0.6 is 12.2 Å². The molecule has 0 radical (unpaired) electrons. The minimum atomic E-state index is 0.590. The van der Waals surface area contributed by atoms with Gasteiger partial charge in [-0.3, -0.25) is 0 Å². The highest BCUT2D eigenvalue weighted by molar-refractivity contribution is 7.71. The van der Waals surface area contributed by atoms with Crippen LogP contribution in [0.25, 0.3) is 11.3 Å². The third kappa shape index (κ3) is 2.35. The molecule has 3 rings (SSSR count). The van der Waals surface area contributed by atoms with Gasteiger partial charge in [0.25, 0.3) is 0 Å². The van der Waals surface area contributed by atoms with Gasteiger partial charge in [-0.2, -0.15) is 0 Å². The molecule has 1 fully saturated rings. The number of nitrogens with one attached hydrogen (secondary N) is 1. The minimum Gasteiger partial charge on any atom is -0.343 e. The Morgan fingerprint density at radius 2 is 1.95 bits per heavy atom. The summed E-state index contributed by atoms with van der Waals surface area (Å²) in [6, 6.07) is 6.54. The molecule has 3 heteroatoms. The Hall–Kier alpha value is -1.48. The van der Waals surface area contributed by atoms with Crippen molar-refractivity contribution in [2.75, 3.05) is 0 Å². The third-order valence-electron chi connectivity index (χ3n) is 3.79. The smallest absolute Gasteiger partial charge is 0.133 e. The molecule has 0 bridgehead atoms. The van der Waals surface area contributed by atoms with Gasteiger partial charge in [-0.15, -0.1) is 0 Å². The number of rotatable bonds is 2. The van der Waals surface area contributed by atoms with E-state index in [1.54, 1.807) is 0 Å². The van der Waals surface area contributed by atoms with Gasteiger partial charge in [0.15, 0.2) is 0 Å². The number of hydrogen-bond acceptors (Lipinski definition) is 2. The molecule has 0 amide bonds. The van der Waals surface area contributed by atoms with E-state index >= 15 is 0 Å². The second kappa shape index (κ2) is 4.57. The summed E-state index contributed by atoms with van der Waals surface area (Å²) in [4.78, 5) is 8.04. The highest BCUT2D eigenvalue weighted by Crippen LogP contribution is 2.39. The van der Waals surface area contributed by atoms with Crippen LogP contribution in [0.3, 0.4) is 0 Å². The maximum absolute atomic E-state index is 5.41. The number of hydrogen-bond donors (Lipinski definition) is 1. The Morgan fingerprint density at radius 3 is 2.58 bits per heavy atom. The molecule has 1 aromatic carbocycles. The van der Waals surface area contributed by atoms with E-state index < -0.39 is 0 Å². The Bertz CT molecular complexity index is 696. The number of benzene rings is 1. The van der Waals surface area contributed by atoms with E-state index in [4.69, 9.17) is 12.2 Å². The first-order valence-electron chi connectivity index (χ1n) is 6.74. The van der Waals surface area contributed by atoms with Crippen molar-refractivity contribution in [3.8, 4) is 11.3 Å². The summed E-state index contributed by atoms with van der Waals surface area (Å²) in [6.45, 7) is 6.32. The summed E-state index contributed by atoms with van der Waals surface area (Å²) in [5, 5.41) is 0. The van der Waals surface area contributed by atoms with Crippen molar-refractivity contribution >= 4 is 12.2 Å². The lowest BCUT2D eigenvalue weighted by atomic mass is 10.0. The lowest BCUT2D eigenvalue weighted by molar-refractivity contribution is 0.913. The van der Waals surface area contributed by atoms with Gasteiger partial charge in [-0.1, -0.05) is 36.0 Å². The second-order valence-electron chi connectivity index (χ2n) is 5.52. The topological polar surface area (TPSA) is 28.7 Å². The van der Waals surface area contributed by atoms with Crippen molar-refractivity contribution < 1.29 is 0 Å². The van der Waals surface area contributed by atoms with Crippen LogP contribution in [0.2, 0.25) is 0 Å². The van der Waals surface area contributed by atoms with Crippen LogP contribution in [0.15, 0.2) is 18.2 Å². The Morgan fingerprint density at radius 1 is 1.21 bits per heavy atom. The number of nitrogens with zero attached hydrogens (tertiary/aromatic N) is 1. The van der Waals surface area contributed by atoms with Crippen LogP contribution in [0.5, 0.6) is 0 Å². The number of aryl methyl sites for hydroxylation is 2. The first-order chi connectivity index (χ1) is 9.06. The zero-order valence-corrected chi connectivity index (χ0v) is 12.4. The van der Waals surface area contributed by atoms with Crippen LogP contribution in [-0.2, 0) is 0 Å². The molecular weight excluding hydrogens is 252 g/mol. The van der Waals surface area contributed by atoms with Crippen molar-refractivity contribution in [3.05, 3.63) is 45.4 Å². The predicted octanol–water partition coefficient (Wildman–Crippen LogP) is 4.61. The lowest BCUT2D eigenvalue weighted by Crippen LogP contribution is -2.00. The Balaban J connectivity index is 2.20. The van der Waals surface area contributed by atoms with E-state index in [9.17, 15) is 0 Å². The molecule has 0 aliphatic heterocycles. The van der Waals surface area contributed by atoms with Crippen molar-refractivity contribution in [2.24, 2.45) is 0 Å². The molecule has 1 aliphatic rings. The molecule has 0 atom stereocenters. The molecule has 1 heterocycles. The number of aromatic nitrogens is 2. The molecule has 1 N–H and O–H groups in total. The van der Waals surface area contributed by atoms with Gasteiger partial charge in [0.05, 0.1) is 5.69 Å². The van der Waals surface area contributed by atoms with Gasteiger partial charge in [-0.05, 0) is 39.2 Å². The summed E-state index contributed by atoms with van der Waals surface area (Å²) >= 11 is 5.41. The monoisotopic (exact) mass is 270 g/mol. The fourth-order valence-electron chi connectivity index (χ4n) is 2.46. The standard InChI is InChI=1S/C16H18N2S/c1-9-4-7-13(10(2)8-9)14-11(3)16(19)18-15(17-14)12-5-6-12/h4,7-8,12H,5-6H2,1-3H3,(H,17,18,19). The molecule has 1 saturated carbocycles. The number of H-pyrrole nitrogens is 1. The molecule has 0 unspecified atom stereocenters. The van der Waals surface area contributed by atoms with Crippen LogP contribution < -0.4 is 0 Å². The van der Waals surface area contributed by atoms with E-state index in [2.05, 4.69) is 48.9 Å². The summed E-state index contributed by atoms with van der Waals surface area (Å²) in [6.07, 6.45) is 2.46. The van der Waals surface area contributed by atoms with E-state index in [0.29, 0.717) is 5.92 Å². The summed E-state index contributed by atoms with van der Waals surface area (Å²) in [7, 11) is 0. The molecule has 1 aromatic heterocycles. The van der Waals surface area contributed by atoms with Crippen molar-refractivity contribution in [3.63, 3.8) is 0 Å². The Labute approximate surface area is 118 Å². The zero-order valence-electron chi connectivity index (χ0n) is 11.6. The van der Waals surface area contributed by atoms with Crippen LogP contribution in [0, 0.1) is 25.4 Å². The quantitative estimate of drug-likeness (QED) is 0.807. The summed E-state index contributed by atoms with van der Waals surface area (Å²) in [5.41, 5.74) is 6.01. The first-order valence-corrected chi connectivity index (χ1v) is 7.15. The molecule has 2 nitrogen and oxygen atoms in total. The van der Waals surface area contributed by atoms with Crippen molar-refractivity contribution in [1.29, 1.82) is 0 Å². The fraction of sp³-hybridized carbons (Fsp3) is 0.375. The van der Waals surface area contributed by atoms with Crippen LogP contribution in [0.4, 0.5) is 0 Å². The van der Waals surface area contributed by atoms with Gasteiger partial charge < -0.3 is 4.98 Å². The summed E-state index contributed by atoms with van der Waals surface area (Å²) in [5.74, 6) is 1.65. The largest absolute Gasteiger partial charge is 0.343 e. The maximum Gasteiger partial charge on any atom is 0.133 e. The molecule has 1 aliphatic carbocycles. The molecule has 2 aromatic rings. The molecular formula is C16H18N2S. The van der Waals surface area contributed by atoms with Crippen LogP contribution in [-0.4, -0.2) is 9.97 Å². The van der Waals surface area contributed by atoms with Crippen molar-refractivity contribution in [1.82, 2.24) is 9.97 Å². The maximum atomic E-state index is 5.41. The van der Waals surface area contributed by atoms with Crippen LogP contribution in [0.1, 0.15) is 41.3 Å².